The van der Waals surface area contributed by atoms with Gasteiger partial charge in [-0.05, 0) is 0 Å². The van der Waals surface area contributed by atoms with Crippen LogP contribution in [0.5, 0.6) is 0 Å². The summed E-state index contributed by atoms with van der Waals surface area (Å²) in [4.78, 5) is 19.9. The molecule has 4 N–H and O–H groups in total. The monoisotopic (exact) mass is 178 g/mol. The minimum absolute atomic E-state index is 0.0687. The Bertz CT molecular complexity index is 167. The topological polar surface area (TPSA) is 115 Å². The SMILES string of the molecule is O=C[C@@H](O)[C@@H](O)C[C@@H](O)C(=O)O. The number of rotatable bonds is 5. The number of aliphatic carboxylic acids is 1. The van der Waals surface area contributed by atoms with Crippen molar-refractivity contribution >= 4 is 12.3 Å². The van der Waals surface area contributed by atoms with Crippen LogP contribution in [0.1, 0.15) is 6.42 Å². The molecule has 6 heteroatoms. The van der Waals surface area contributed by atoms with Crippen molar-refractivity contribution in [2.45, 2.75) is 24.7 Å². The van der Waals surface area contributed by atoms with Gasteiger partial charge in [-0.15, -0.1) is 0 Å². The van der Waals surface area contributed by atoms with Crippen molar-refractivity contribution in [1.82, 2.24) is 0 Å². The lowest BCUT2D eigenvalue weighted by Gasteiger charge is -2.13. The van der Waals surface area contributed by atoms with E-state index in [2.05, 4.69) is 0 Å². The van der Waals surface area contributed by atoms with Crippen LogP contribution in [0.3, 0.4) is 0 Å². The smallest absolute Gasteiger partial charge is 0.332 e. The fourth-order valence-electron chi connectivity index (χ4n) is 0.560. The first kappa shape index (κ1) is 11.0. The van der Waals surface area contributed by atoms with Crippen molar-refractivity contribution < 1.29 is 30.0 Å². The van der Waals surface area contributed by atoms with Crippen LogP contribution in [0, 0.1) is 0 Å². The first-order valence-electron chi connectivity index (χ1n) is 3.21. The molecule has 0 amide bonds. The predicted octanol–water partition coefficient (Wildman–Crippen LogP) is -2.26. The van der Waals surface area contributed by atoms with E-state index < -0.39 is 30.7 Å². The highest BCUT2D eigenvalue weighted by atomic mass is 16.4. The van der Waals surface area contributed by atoms with Crippen LogP contribution < -0.4 is 0 Å². The molecule has 70 valence electrons. The van der Waals surface area contributed by atoms with Crippen LogP contribution in [-0.2, 0) is 9.59 Å². The van der Waals surface area contributed by atoms with E-state index in [0.717, 1.165) is 0 Å². The zero-order chi connectivity index (χ0) is 9.72. The standard InChI is InChI=1S/C6H10O6/c7-2-5(10)3(8)1-4(9)6(11)12/h2-5,8-10H,1H2,(H,11,12)/t3-,4+,5+/m0/s1. The number of carboxylic acid groups (broad SMARTS) is 1. The largest absolute Gasteiger partial charge is 0.479 e. The summed E-state index contributed by atoms with van der Waals surface area (Å²) in [5.41, 5.74) is 0. The summed E-state index contributed by atoms with van der Waals surface area (Å²) in [6.45, 7) is 0. The number of carbonyl (C=O) groups excluding carboxylic acids is 1. The molecule has 3 atom stereocenters. The van der Waals surface area contributed by atoms with Crippen LogP contribution in [0.2, 0.25) is 0 Å². The molecule has 0 aromatic carbocycles. The van der Waals surface area contributed by atoms with Gasteiger partial charge >= 0.3 is 5.97 Å². The molecule has 0 aromatic heterocycles. The summed E-state index contributed by atoms with van der Waals surface area (Å²) in [7, 11) is 0. The maximum absolute atomic E-state index is 10.0. The molecule has 0 fully saturated rings. The molecule has 0 heterocycles. The van der Waals surface area contributed by atoms with E-state index in [0.29, 0.717) is 0 Å². The van der Waals surface area contributed by atoms with Gasteiger partial charge in [0, 0.05) is 6.42 Å². The summed E-state index contributed by atoms with van der Waals surface area (Å²) in [5.74, 6) is -1.51. The Kier molecular flexibility index (Phi) is 4.42. The molecule has 0 aliphatic heterocycles. The maximum atomic E-state index is 10.0. The molecule has 6 nitrogen and oxygen atoms in total. The fraction of sp³-hybridized carbons (Fsp3) is 0.667. The average molecular weight is 178 g/mol. The molecule has 0 aromatic rings. The molecule has 0 bridgehead atoms. The molecule has 0 rings (SSSR count). The Hall–Kier alpha value is -0.980. The summed E-state index contributed by atoms with van der Waals surface area (Å²) in [6.07, 6.45) is -5.48. The minimum atomic E-state index is -1.77. The Labute approximate surface area is 68.1 Å². The number of hydrogen-bond donors (Lipinski definition) is 4. The molecule has 12 heavy (non-hydrogen) atoms. The summed E-state index contributed by atoms with van der Waals surface area (Å²) < 4.78 is 0. The first-order valence-corrected chi connectivity index (χ1v) is 3.21. The minimum Gasteiger partial charge on any atom is -0.479 e. The molecule has 0 saturated heterocycles. The van der Waals surface area contributed by atoms with Gasteiger partial charge in [0.15, 0.2) is 12.4 Å². The highest BCUT2D eigenvalue weighted by Gasteiger charge is 2.23. The van der Waals surface area contributed by atoms with Crippen molar-refractivity contribution in [3.05, 3.63) is 0 Å². The maximum Gasteiger partial charge on any atom is 0.332 e. The zero-order valence-corrected chi connectivity index (χ0v) is 6.12. The van der Waals surface area contributed by atoms with Crippen LogP contribution in [0.25, 0.3) is 0 Å². The van der Waals surface area contributed by atoms with Crippen molar-refractivity contribution in [1.29, 1.82) is 0 Å². The number of aliphatic hydroxyl groups is 3. The Morgan fingerprint density at radius 1 is 1.33 bits per heavy atom. The van der Waals surface area contributed by atoms with Crippen molar-refractivity contribution in [2.75, 3.05) is 0 Å². The van der Waals surface area contributed by atoms with Crippen molar-refractivity contribution in [3.63, 3.8) is 0 Å². The zero-order valence-electron chi connectivity index (χ0n) is 6.12. The summed E-state index contributed by atoms with van der Waals surface area (Å²) >= 11 is 0. The number of carboxylic acids is 1. The molecular weight excluding hydrogens is 168 g/mol. The normalized spacial score (nSPS) is 17.9. The van der Waals surface area contributed by atoms with Gasteiger partial charge in [-0.1, -0.05) is 0 Å². The van der Waals surface area contributed by atoms with Gasteiger partial charge in [0.2, 0.25) is 0 Å². The van der Waals surface area contributed by atoms with Gasteiger partial charge in [0.1, 0.15) is 6.10 Å². The lowest BCUT2D eigenvalue weighted by molar-refractivity contribution is -0.149. The Balaban J connectivity index is 3.90. The first-order chi connectivity index (χ1) is 5.49. The number of carbonyl (C=O) groups is 2. The van der Waals surface area contributed by atoms with Gasteiger partial charge in [0.25, 0.3) is 0 Å². The fourth-order valence-corrected chi connectivity index (χ4v) is 0.560. The molecule has 0 spiro atoms. The van der Waals surface area contributed by atoms with E-state index in [9.17, 15) is 9.59 Å². The van der Waals surface area contributed by atoms with Gasteiger partial charge in [-0.2, -0.15) is 0 Å². The molecule has 0 radical (unpaired) electrons. The van der Waals surface area contributed by atoms with E-state index in [4.69, 9.17) is 20.4 Å². The van der Waals surface area contributed by atoms with E-state index in [1.165, 1.54) is 0 Å². The summed E-state index contributed by atoms with van der Waals surface area (Å²) in [5, 5.41) is 34.3. The molecule has 0 aliphatic carbocycles. The third kappa shape index (κ3) is 3.42. The number of aliphatic hydroxyl groups excluding tert-OH is 3. The van der Waals surface area contributed by atoms with Gasteiger partial charge in [-0.3, -0.25) is 0 Å². The van der Waals surface area contributed by atoms with E-state index in [1.54, 1.807) is 0 Å². The van der Waals surface area contributed by atoms with Gasteiger partial charge in [0.05, 0.1) is 6.10 Å². The lowest BCUT2D eigenvalue weighted by atomic mass is 10.1. The molecule has 0 aliphatic rings. The second-order valence-corrected chi connectivity index (χ2v) is 2.28. The third-order valence-corrected chi connectivity index (χ3v) is 1.28. The van der Waals surface area contributed by atoms with Crippen LogP contribution in [-0.4, -0.2) is 51.0 Å². The number of hydrogen-bond acceptors (Lipinski definition) is 5. The molecular formula is C6H10O6. The number of aldehydes is 1. The second-order valence-electron chi connectivity index (χ2n) is 2.28. The van der Waals surface area contributed by atoms with Crippen molar-refractivity contribution in [3.8, 4) is 0 Å². The van der Waals surface area contributed by atoms with Gasteiger partial charge in [-0.25, -0.2) is 4.79 Å². The Morgan fingerprint density at radius 2 is 1.83 bits per heavy atom. The van der Waals surface area contributed by atoms with Gasteiger partial charge < -0.3 is 25.2 Å². The van der Waals surface area contributed by atoms with Crippen LogP contribution in [0.15, 0.2) is 0 Å². The van der Waals surface area contributed by atoms with Crippen LogP contribution in [0.4, 0.5) is 0 Å². The van der Waals surface area contributed by atoms with Crippen molar-refractivity contribution in [2.24, 2.45) is 0 Å². The lowest BCUT2D eigenvalue weighted by Crippen LogP contribution is -2.34. The average Bonchev–Trinajstić information content (AvgIpc) is 2.02. The highest BCUT2D eigenvalue weighted by Crippen LogP contribution is 2.01. The van der Waals surface area contributed by atoms with E-state index in [-0.39, 0.29) is 6.29 Å². The third-order valence-electron chi connectivity index (χ3n) is 1.28. The van der Waals surface area contributed by atoms with Crippen LogP contribution >= 0.6 is 0 Å². The second kappa shape index (κ2) is 4.81. The summed E-state index contributed by atoms with van der Waals surface area (Å²) in [6, 6.07) is 0. The quantitative estimate of drug-likeness (QED) is 0.353. The highest BCUT2D eigenvalue weighted by molar-refractivity contribution is 5.72. The predicted molar refractivity (Wildman–Crippen MR) is 36.3 cm³/mol. The van der Waals surface area contributed by atoms with E-state index in [1.807, 2.05) is 0 Å². The molecule has 0 saturated carbocycles. The molecule has 0 unspecified atom stereocenters. The van der Waals surface area contributed by atoms with E-state index >= 15 is 0 Å². The Morgan fingerprint density at radius 3 is 2.17 bits per heavy atom.